The highest BCUT2D eigenvalue weighted by molar-refractivity contribution is 6.37. The van der Waals surface area contributed by atoms with E-state index in [0.717, 1.165) is 0 Å². The lowest BCUT2D eigenvalue weighted by atomic mass is 10.1. The summed E-state index contributed by atoms with van der Waals surface area (Å²) in [7, 11) is 0. The molecule has 1 aliphatic heterocycles. The van der Waals surface area contributed by atoms with E-state index in [9.17, 15) is 19.3 Å². The Hall–Kier alpha value is -3.75. The standard InChI is InChI=1S/C22H11Cl2FN2O5/c23-13-2-7-16(17(24)11-13)21-26-18(22(28)32-21)9-12-1-8-20(19(10-12)27(29)30)31-15-5-3-14(25)4-6-15/h1-11H/b18-9-. The molecule has 32 heavy (non-hydrogen) atoms. The summed E-state index contributed by atoms with van der Waals surface area (Å²) in [5, 5.41) is 12.2. The Kier molecular flexibility index (Phi) is 5.89. The second kappa shape index (κ2) is 8.78. The summed E-state index contributed by atoms with van der Waals surface area (Å²) in [6.45, 7) is 0. The van der Waals surface area contributed by atoms with E-state index in [0.29, 0.717) is 16.1 Å². The zero-order valence-electron chi connectivity index (χ0n) is 15.9. The van der Waals surface area contributed by atoms with Gasteiger partial charge in [-0.15, -0.1) is 0 Å². The van der Waals surface area contributed by atoms with Crippen LogP contribution in [-0.2, 0) is 9.53 Å². The zero-order chi connectivity index (χ0) is 22.8. The number of halogens is 3. The number of nitro benzene ring substituents is 1. The van der Waals surface area contributed by atoms with Crippen molar-refractivity contribution in [3.05, 3.63) is 103 Å². The summed E-state index contributed by atoms with van der Waals surface area (Å²) in [4.78, 5) is 27.3. The maximum atomic E-state index is 13.1. The number of esters is 1. The van der Waals surface area contributed by atoms with Crippen molar-refractivity contribution in [1.29, 1.82) is 0 Å². The van der Waals surface area contributed by atoms with Crippen molar-refractivity contribution in [1.82, 2.24) is 0 Å². The maximum absolute atomic E-state index is 13.1. The molecular formula is C22H11Cl2FN2O5. The number of ether oxygens (including phenoxy) is 2. The van der Waals surface area contributed by atoms with Crippen molar-refractivity contribution in [3.8, 4) is 11.5 Å². The highest BCUT2D eigenvalue weighted by Gasteiger charge is 2.26. The van der Waals surface area contributed by atoms with E-state index in [-0.39, 0.29) is 33.8 Å². The summed E-state index contributed by atoms with van der Waals surface area (Å²) >= 11 is 12.0. The highest BCUT2D eigenvalue weighted by atomic mass is 35.5. The average molecular weight is 473 g/mol. The van der Waals surface area contributed by atoms with Gasteiger partial charge in [0.25, 0.3) is 0 Å². The Morgan fingerprint density at radius 1 is 1.06 bits per heavy atom. The van der Waals surface area contributed by atoms with E-state index in [1.165, 1.54) is 54.6 Å². The van der Waals surface area contributed by atoms with Gasteiger partial charge in [0.2, 0.25) is 11.6 Å². The fourth-order valence-electron chi connectivity index (χ4n) is 2.83. The molecule has 0 aliphatic carbocycles. The molecular weight excluding hydrogens is 462 g/mol. The van der Waals surface area contributed by atoms with Gasteiger partial charge in [0, 0.05) is 11.1 Å². The Morgan fingerprint density at radius 2 is 1.81 bits per heavy atom. The van der Waals surface area contributed by atoms with Crippen LogP contribution in [0.2, 0.25) is 10.0 Å². The van der Waals surface area contributed by atoms with Crippen LogP contribution in [0.4, 0.5) is 10.1 Å². The molecule has 4 rings (SSSR count). The lowest BCUT2D eigenvalue weighted by Crippen LogP contribution is -2.05. The Labute approximate surface area is 190 Å². The van der Waals surface area contributed by atoms with Gasteiger partial charge in [-0.05, 0) is 60.2 Å². The number of rotatable bonds is 5. The van der Waals surface area contributed by atoms with Gasteiger partial charge in [-0.1, -0.05) is 29.3 Å². The smallest absolute Gasteiger partial charge is 0.363 e. The van der Waals surface area contributed by atoms with Gasteiger partial charge in [-0.2, -0.15) is 0 Å². The molecule has 0 amide bonds. The molecule has 3 aromatic carbocycles. The SMILES string of the molecule is O=C1OC(c2ccc(Cl)cc2Cl)=N/C1=C\c1ccc(Oc2ccc(F)cc2)c([N+](=O)[O-])c1. The second-order valence-corrected chi connectivity index (χ2v) is 7.34. The minimum absolute atomic E-state index is 0.00585. The van der Waals surface area contributed by atoms with Crippen LogP contribution in [0.15, 0.2) is 71.4 Å². The normalized spacial score (nSPS) is 14.3. The number of carbonyl (C=O) groups is 1. The fraction of sp³-hybridized carbons (Fsp3) is 0. The largest absolute Gasteiger partial charge is 0.450 e. The molecule has 0 N–H and O–H groups in total. The first-order valence-corrected chi connectivity index (χ1v) is 9.75. The van der Waals surface area contributed by atoms with Gasteiger partial charge >= 0.3 is 11.7 Å². The molecule has 0 spiro atoms. The molecule has 1 heterocycles. The van der Waals surface area contributed by atoms with Crippen molar-refractivity contribution in [2.24, 2.45) is 4.99 Å². The number of cyclic esters (lactones) is 1. The first-order chi connectivity index (χ1) is 15.3. The van der Waals surface area contributed by atoms with Crippen molar-refractivity contribution in [2.75, 3.05) is 0 Å². The zero-order valence-corrected chi connectivity index (χ0v) is 17.4. The van der Waals surface area contributed by atoms with Crippen LogP contribution in [0, 0.1) is 15.9 Å². The molecule has 0 saturated heterocycles. The number of nitro groups is 1. The van der Waals surface area contributed by atoms with Gasteiger partial charge in [0.05, 0.1) is 15.5 Å². The molecule has 0 bridgehead atoms. The lowest BCUT2D eigenvalue weighted by Gasteiger charge is -2.07. The van der Waals surface area contributed by atoms with Gasteiger partial charge in [0.1, 0.15) is 11.6 Å². The van der Waals surface area contributed by atoms with E-state index in [2.05, 4.69) is 4.99 Å². The van der Waals surface area contributed by atoms with Gasteiger partial charge in [-0.25, -0.2) is 14.2 Å². The van der Waals surface area contributed by atoms with Crippen LogP contribution in [0.5, 0.6) is 11.5 Å². The van der Waals surface area contributed by atoms with Crippen LogP contribution < -0.4 is 4.74 Å². The number of hydrogen-bond donors (Lipinski definition) is 0. The monoisotopic (exact) mass is 472 g/mol. The van der Waals surface area contributed by atoms with Crippen molar-refractivity contribution in [2.45, 2.75) is 0 Å². The van der Waals surface area contributed by atoms with E-state index < -0.39 is 16.7 Å². The number of nitrogens with zero attached hydrogens (tertiary/aromatic N) is 2. The first-order valence-electron chi connectivity index (χ1n) is 9.00. The number of hydrogen-bond acceptors (Lipinski definition) is 6. The van der Waals surface area contributed by atoms with Gasteiger partial charge in [-0.3, -0.25) is 10.1 Å². The average Bonchev–Trinajstić information content (AvgIpc) is 3.10. The number of benzene rings is 3. The van der Waals surface area contributed by atoms with Crippen molar-refractivity contribution < 1.29 is 23.6 Å². The predicted octanol–water partition coefficient (Wildman–Crippen LogP) is 6.18. The van der Waals surface area contributed by atoms with E-state index in [4.69, 9.17) is 32.7 Å². The van der Waals surface area contributed by atoms with E-state index in [1.54, 1.807) is 12.1 Å². The summed E-state index contributed by atoms with van der Waals surface area (Å²) in [6.07, 6.45) is 1.34. The minimum Gasteiger partial charge on any atom is -0.450 e. The molecule has 1 aliphatic rings. The topological polar surface area (TPSA) is 91.0 Å². The van der Waals surface area contributed by atoms with Crippen molar-refractivity contribution >= 4 is 46.8 Å². The fourth-order valence-corrected chi connectivity index (χ4v) is 3.32. The molecule has 160 valence electrons. The molecule has 0 saturated carbocycles. The number of carbonyl (C=O) groups excluding carboxylic acids is 1. The lowest BCUT2D eigenvalue weighted by molar-refractivity contribution is -0.385. The van der Waals surface area contributed by atoms with Crippen LogP contribution >= 0.6 is 23.2 Å². The summed E-state index contributed by atoms with van der Waals surface area (Å²) < 4.78 is 23.7. The van der Waals surface area contributed by atoms with Crippen LogP contribution in [0.25, 0.3) is 6.08 Å². The third-order valence-electron chi connectivity index (χ3n) is 4.31. The summed E-state index contributed by atoms with van der Waals surface area (Å²) in [6, 6.07) is 13.8. The molecule has 3 aromatic rings. The van der Waals surface area contributed by atoms with Gasteiger partial charge in [0.15, 0.2) is 5.70 Å². The highest BCUT2D eigenvalue weighted by Crippen LogP contribution is 2.33. The Bertz CT molecular complexity index is 1310. The Morgan fingerprint density at radius 3 is 2.50 bits per heavy atom. The molecule has 10 heteroatoms. The quantitative estimate of drug-likeness (QED) is 0.191. The van der Waals surface area contributed by atoms with E-state index >= 15 is 0 Å². The first kappa shape index (κ1) is 21.5. The Balaban J connectivity index is 1.65. The van der Waals surface area contributed by atoms with Crippen LogP contribution in [0.1, 0.15) is 11.1 Å². The molecule has 7 nitrogen and oxygen atoms in total. The number of aliphatic imine (C=N–C) groups is 1. The van der Waals surface area contributed by atoms with Crippen LogP contribution in [0.3, 0.4) is 0 Å². The maximum Gasteiger partial charge on any atom is 0.363 e. The third-order valence-corrected chi connectivity index (χ3v) is 4.85. The van der Waals surface area contributed by atoms with E-state index in [1.807, 2.05) is 0 Å². The molecule has 0 radical (unpaired) electrons. The minimum atomic E-state index is -0.736. The summed E-state index contributed by atoms with van der Waals surface area (Å²) in [5.41, 5.74) is 0.289. The molecule has 0 atom stereocenters. The third kappa shape index (κ3) is 4.61. The molecule has 0 fully saturated rings. The predicted molar refractivity (Wildman–Crippen MR) is 117 cm³/mol. The van der Waals surface area contributed by atoms with Crippen molar-refractivity contribution in [3.63, 3.8) is 0 Å². The van der Waals surface area contributed by atoms with Crippen LogP contribution in [-0.4, -0.2) is 16.8 Å². The molecule has 0 unspecified atom stereocenters. The molecule has 0 aromatic heterocycles. The second-order valence-electron chi connectivity index (χ2n) is 6.50. The summed E-state index contributed by atoms with van der Waals surface area (Å²) in [5.74, 6) is -1.02. The van der Waals surface area contributed by atoms with Gasteiger partial charge < -0.3 is 9.47 Å².